The number of sulfonamides is 1. The molecule has 0 amide bonds. The van der Waals surface area contributed by atoms with Gasteiger partial charge in [0.25, 0.3) is 10.0 Å². The smallest absolute Gasteiger partial charge is 0.260 e. The first kappa shape index (κ1) is 12.9. The molecule has 1 rings (SSSR count). The first-order chi connectivity index (χ1) is 7.38. The molecule has 1 atom stereocenters. The van der Waals surface area contributed by atoms with Crippen LogP contribution in [0.4, 0.5) is 5.82 Å². The summed E-state index contributed by atoms with van der Waals surface area (Å²) in [5, 5.41) is 17.4. The maximum atomic E-state index is 11.7. The Kier molecular flexibility index (Phi) is 3.86. The summed E-state index contributed by atoms with van der Waals surface area (Å²) in [5.41, 5.74) is 5.40. The van der Waals surface area contributed by atoms with Crippen molar-refractivity contribution in [1.82, 2.24) is 14.3 Å². The van der Waals surface area contributed by atoms with E-state index in [1.807, 2.05) is 0 Å². The minimum absolute atomic E-state index is 0.117. The van der Waals surface area contributed by atoms with E-state index in [0.717, 1.165) is 0 Å². The number of imidazole rings is 1. The van der Waals surface area contributed by atoms with E-state index in [9.17, 15) is 8.42 Å². The Hall–Kier alpha value is -1.16. The van der Waals surface area contributed by atoms with Gasteiger partial charge in [0.2, 0.25) is 0 Å². The number of nitrogen functional groups attached to an aromatic ring is 1. The molecule has 0 aliphatic heterocycles. The van der Waals surface area contributed by atoms with Gasteiger partial charge in [-0.25, -0.2) is 18.1 Å². The van der Waals surface area contributed by atoms with Crippen LogP contribution in [-0.4, -0.2) is 47.4 Å². The van der Waals surface area contributed by atoms with Gasteiger partial charge in [-0.2, -0.15) is 0 Å². The number of hydrogen-bond acceptors (Lipinski definition) is 6. The Morgan fingerprint density at radius 3 is 2.75 bits per heavy atom. The van der Waals surface area contributed by atoms with E-state index in [2.05, 4.69) is 9.71 Å². The van der Waals surface area contributed by atoms with Crippen molar-refractivity contribution in [2.24, 2.45) is 7.05 Å². The Morgan fingerprint density at radius 1 is 1.69 bits per heavy atom. The van der Waals surface area contributed by atoms with E-state index in [-0.39, 0.29) is 17.4 Å². The quantitative estimate of drug-likeness (QED) is 0.462. The summed E-state index contributed by atoms with van der Waals surface area (Å²) in [6, 6.07) is 0. The van der Waals surface area contributed by atoms with Gasteiger partial charge in [0.05, 0.1) is 19.0 Å². The van der Waals surface area contributed by atoms with Crippen molar-refractivity contribution in [1.29, 1.82) is 0 Å². The molecule has 0 aromatic carbocycles. The summed E-state index contributed by atoms with van der Waals surface area (Å²) in [6.07, 6.45) is 0.121. The van der Waals surface area contributed by atoms with Gasteiger partial charge in [-0.05, 0) is 0 Å². The Bertz CT molecular complexity index is 435. The molecular formula is C7H14N4O4S. The summed E-state index contributed by atoms with van der Waals surface area (Å²) in [5.74, 6) is -0.117. The number of rotatable bonds is 5. The Labute approximate surface area is 92.8 Å². The minimum atomic E-state index is -3.83. The van der Waals surface area contributed by atoms with Gasteiger partial charge in [0, 0.05) is 13.6 Å². The molecule has 1 aromatic heterocycles. The zero-order valence-electron chi connectivity index (χ0n) is 8.66. The highest BCUT2D eigenvalue weighted by Gasteiger charge is 2.22. The molecule has 92 valence electrons. The predicted octanol–water partition coefficient (Wildman–Crippen LogP) is -2.37. The summed E-state index contributed by atoms with van der Waals surface area (Å²) in [4.78, 5) is 3.64. The van der Waals surface area contributed by atoms with Crippen LogP contribution in [0.15, 0.2) is 11.4 Å². The average molecular weight is 250 g/mol. The van der Waals surface area contributed by atoms with Crippen molar-refractivity contribution >= 4 is 15.8 Å². The molecule has 1 heterocycles. The minimum Gasteiger partial charge on any atom is -0.394 e. The van der Waals surface area contributed by atoms with Gasteiger partial charge in [0.1, 0.15) is 0 Å². The van der Waals surface area contributed by atoms with E-state index < -0.39 is 22.7 Å². The standard InChI is InChI=1S/C7H14N4O4S/c1-11-4-9-6(8)7(11)16(14,15)10-2-5(13)3-12/h4-5,10,12-13H,2-3,8H2,1H3. The van der Waals surface area contributed by atoms with Crippen LogP contribution in [-0.2, 0) is 17.1 Å². The molecule has 0 fully saturated rings. The summed E-state index contributed by atoms with van der Waals surface area (Å²) >= 11 is 0. The van der Waals surface area contributed by atoms with Crippen molar-refractivity contribution in [3.05, 3.63) is 6.33 Å². The molecule has 16 heavy (non-hydrogen) atoms. The van der Waals surface area contributed by atoms with Crippen LogP contribution in [0.3, 0.4) is 0 Å². The Morgan fingerprint density at radius 2 is 2.31 bits per heavy atom. The van der Waals surface area contributed by atoms with Crippen molar-refractivity contribution in [3.8, 4) is 0 Å². The topological polar surface area (TPSA) is 130 Å². The number of nitrogens with one attached hydrogen (secondary N) is 1. The summed E-state index contributed by atoms with van der Waals surface area (Å²) < 4.78 is 26.8. The molecule has 0 bridgehead atoms. The number of aliphatic hydroxyl groups excluding tert-OH is 2. The van der Waals surface area contributed by atoms with Crippen LogP contribution in [0, 0.1) is 0 Å². The number of nitrogens with two attached hydrogens (primary N) is 1. The van der Waals surface area contributed by atoms with Gasteiger partial charge in [0.15, 0.2) is 10.8 Å². The lowest BCUT2D eigenvalue weighted by Gasteiger charge is -2.10. The zero-order chi connectivity index (χ0) is 12.3. The number of aromatic nitrogens is 2. The molecule has 0 aliphatic carbocycles. The molecule has 0 aliphatic rings. The molecule has 1 aromatic rings. The third kappa shape index (κ3) is 2.70. The third-order valence-electron chi connectivity index (χ3n) is 1.88. The summed E-state index contributed by atoms with van der Waals surface area (Å²) in [7, 11) is -2.34. The van der Waals surface area contributed by atoms with Crippen LogP contribution in [0.2, 0.25) is 0 Å². The lowest BCUT2D eigenvalue weighted by molar-refractivity contribution is 0.0988. The fourth-order valence-corrected chi connectivity index (χ4v) is 2.41. The van der Waals surface area contributed by atoms with E-state index in [1.54, 1.807) is 0 Å². The van der Waals surface area contributed by atoms with Crippen molar-refractivity contribution in [2.75, 3.05) is 18.9 Å². The second kappa shape index (κ2) is 4.78. The van der Waals surface area contributed by atoms with Crippen LogP contribution < -0.4 is 10.5 Å². The molecule has 9 heteroatoms. The molecular weight excluding hydrogens is 236 g/mol. The number of aliphatic hydroxyl groups is 2. The fourth-order valence-electron chi connectivity index (χ4n) is 1.10. The lowest BCUT2D eigenvalue weighted by Crippen LogP contribution is -2.35. The summed E-state index contributed by atoms with van der Waals surface area (Å²) in [6.45, 7) is -0.813. The number of aryl methyl sites for hydroxylation is 1. The second-order valence-corrected chi connectivity index (χ2v) is 4.92. The maximum Gasteiger partial charge on any atom is 0.260 e. The van der Waals surface area contributed by atoms with Gasteiger partial charge in [-0.15, -0.1) is 0 Å². The molecule has 5 N–H and O–H groups in total. The van der Waals surface area contributed by atoms with E-state index in [0.29, 0.717) is 0 Å². The fraction of sp³-hybridized carbons (Fsp3) is 0.571. The molecule has 8 nitrogen and oxygen atoms in total. The third-order valence-corrected chi connectivity index (χ3v) is 3.44. The van der Waals surface area contributed by atoms with Crippen molar-refractivity contribution in [3.63, 3.8) is 0 Å². The number of hydrogen-bond donors (Lipinski definition) is 4. The predicted molar refractivity (Wildman–Crippen MR) is 55.9 cm³/mol. The highest BCUT2D eigenvalue weighted by atomic mass is 32.2. The zero-order valence-corrected chi connectivity index (χ0v) is 9.48. The second-order valence-electron chi connectivity index (χ2n) is 3.23. The molecule has 0 saturated heterocycles. The van der Waals surface area contributed by atoms with Gasteiger partial charge < -0.3 is 20.5 Å². The maximum absolute atomic E-state index is 11.7. The van der Waals surface area contributed by atoms with Crippen LogP contribution in [0.25, 0.3) is 0 Å². The van der Waals surface area contributed by atoms with Gasteiger partial charge in [-0.1, -0.05) is 0 Å². The molecule has 0 saturated carbocycles. The first-order valence-electron chi connectivity index (χ1n) is 4.44. The van der Waals surface area contributed by atoms with Crippen LogP contribution in [0.1, 0.15) is 0 Å². The number of nitrogens with zero attached hydrogens (tertiary/aromatic N) is 2. The highest BCUT2D eigenvalue weighted by molar-refractivity contribution is 7.89. The highest BCUT2D eigenvalue weighted by Crippen LogP contribution is 2.14. The van der Waals surface area contributed by atoms with Crippen LogP contribution in [0.5, 0.6) is 0 Å². The van der Waals surface area contributed by atoms with Crippen LogP contribution >= 0.6 is 0 Å². The molecule has 1 unspecified atom stereocenters. The lowest BCUT2D eigenvalue weighted by atomic mass is 10.4. The SMILES string of the molecule is Cn1cnc(N)c1S(=O)(=O)NCC(O)CO. The van der Waals surface area contributed by atoms with E-state index in [1.165, 1.54) is 17.9 Å². The van der Waals surface area contributed by atoms with E-state index in [4.69, 9.17) is 15.9 Å². The molecule has 0 radical (unpaired) electrons. The van der Waals surface area contributed by atoms with Crippen molar-refractivity contribution in [2.45, 2.75) is 11.1 Å². The monoisotopic (exact) mass is 250 g/mol. The largest absolute Gasteiger partial charge is 0.394 e. The number of anilines is 1. The molecule has 0 spiro atoms. The average Bonchev–Trinajstić information content (AvgIpc) is 2.55. The van der Waals surface area contributed by atoms with Crippen molar-refractivity contribution < 1.29 is 18.6 Å². The van der Waals surface area contributed by atoms with Gasteiger partial charge >= 0.3 is 0 Å². The first-order valence-corrected chi connectivity index (χ1v) is 5.92. The Balaban J connectivity index is 2.87. The van der Waals surface area contributed by atoms with E-state index >= 15 is 0 Å². The normalized spacial score (nSPS) is 13.9. The van der Waals surface area contributed by atoms with Gasteiger partial charge in [-0.3, -0.25) is 0 Å².